The Morgan fingerprint density at radius 2 is 1.93 bits per heavy atom. The van der Waals surface area contributed by atoms with Gasteiger partial charge in [0.2, 0.25) is 5.91 Å². The first-order chi connectivity index (χ1) is 14.2. The first-order valence-electron chi connectivity index (χ1n) is 9.54. The fourth-order valence-electron chi connectivity index (χ4n) is 3.46. The smallest absolute Gasteiger partial charge is 0.339 e. The minimum Gasteiger partial charge on any atom is -0.497 e. The Balaban J connectivity index is 1.78. The third-order valence-corrected chi connectivity index (χ3v) is 6.03. The summed E-state index contributed by atoms with van der Waals surface area (Å²) in [6.07, 6.45) is 0.472. The van der Waals surface area contributed by atoms with E-state index in [4.69, 9.17) is 32.4 Å². The minimum absolute atomic E-state index is 0.0952. The van der Waals surface area contributed by atoms with Crippen molar-refractivity contribution in [3.05, 3.63) is 73.6 Å². The van der Waals surface area contributed by atoms with Gasteiger partial charge in [-0.2, -0.15) is 0 Å². The van der Waals surface area contributed by atoms with E-state index in [2.05, 4.69) is 0 Å². The van der Waals surface area contributed by atoms with Crippen molar-refractivity contribution in [1.82, 2.24) is 4.90 Å². The molecule has 0 aliphatic rings. The van der Waals surface area contributed by atoms with Crippen LogP contribution >= 0.6 is 23.2 Å². The SMILES string of the molecule is COc1ccc2c(C)c(CCC(=O)N(C)C(C)c3ccc(Cl)cc3Cl)c(=O)oc2c1. The Morgan fingerprint density at radius 1 is 1.20 bits per heavy atom. The molecule has 0 N–H and O–H groups in total. The van der Waals surface area contributed by atoms with E-state index in [1.54, 1.807) is 37.3 Å². The maximum Gasteiger partial charge on any atom is 0.339 e. The van der Waals surface area contributed by atoms with Crippen molar-refractivity contribution in [2.75, 3.05) is 14.2 Å². The first kappa shape index (κ1) is 22.2. The highest BCUT2D eigenvalue weighted by molar-refractivity contribution is 6.35. The summed E-state index contributed by atoms with van der Waals surface area (Å²) >= 11 is 12.2. The lowest BCUT2D eigenvalue weighted by atomic mass is 10.0. The number of amides is 1. The molecule has 5 nitrogen and oxygen atoms in total. The van der Waals surface area contributed by atoms with Crippen LogP contribution in [0.4, 0.5) is 0 Å². The van der Waals surface area contributed by atoms with Crippen molar-refractivity contribution in [3.8, 4) is 5.75 Å². The largest absolute Gasteiger partial charge is 0.497 e. The van der Waals surface area contributed by atoms with Crippen LogP contribution in [0.1, 0.15) is 36.1 Å². The van der Waals surface area contributed by atoms with Gasteiger partial charge in [0, 0.05) is 40.5 Å². The number of rotatable bonds is 6. The van der Waals surface area contributed by atoms with Crippen LogP contribution in [0.25, 0.3) is 11.0 Å². The molecule has 0 fully saturated rings. The lowest BCUT2D eigenvalue weighted by Gasteiger charge is -2.26. The first-order valence-corrected chi connectivity index (χ1v) is 10.3. The summed E-state index contributed by atoms with van der Waals surface area (Å²) in [5, 5.41) is 1.88. The molecular weight excluding hydrogens is 425 g/mol. The summed E-state index contributed by atoms with van der Waals surface area (Å²) in [6, 6.07) is 10.3. The zero-order valence-electron chi connectivity index (χ0n) is 17.3. The molecule has 0 bridgehead atoms. The van der Waals surface area contributed by atoms with Gasteiger partial charge in [-0.1, -0.05) is 29.3 Å². The third kappa shape index (κ3) is 4.47. The van der Waals surface area contributed by atoms with Gasteiger partial charge in [-0.15, -0.1) is 0 Å². The van der Waals surface area contributed by atoms with E-state index in [0.29, 0.717) is 33.4 Å². The van der Waals surface area contributed by atoms with E-state index >= 15 is 0 Å². The van der Waals surface area contributed by atoms with Gasteiger partial charge in [0.25, 0.3) is 0 Å². The van der Waals surface area contributed by atoms with Crippen LogP contribution in [-0.2, 0) is 11.2 Å². The van der Waals surface area contributed by atoms with Crippen LogP contribution in [-0.4, -0.2) is 25.0 Å². The van der Waals surface area contributed by atoms with E-state index in [-0.39, 0.29) is 18.4 Å². The minimum atomic E-state index is -0.433. The van der Waals surface area contributed by atoms with Crippen molar-refractivity contribution < 1.29 is 13.9 Å². The van der Waals surface area contributed by atoms with Crippen molar-refractivity contribution in [2.24, 2.45) is 0 Å². The van der Waals surface area contributed by atoms with Crippen molar-refractivity contribution in [1.29, 1.82) is 0 Å². The quantitative estimate of drug-likeness (QED) is 0.463. The predicted octanol–water partition coefficient (Wildman–Crippen LogP) is 5.57. The highest BCUT2D eigenvalue weighted by Gasteiger charge is 2.21. The van der Waals surface area contributed by atoms with E-state index < -0.39 is 5.63 Å². The predicted molar refractivity (Wildman–Crippen MR) is 120 cm³/mol. The number of fused-ring (bicyclic) bond motifs is 1. The molecule has 2 aromatic carbocycles. The monoisotopic (exact) mass is 447 g/mol. The molecule has 1 atom stereocenters. The Hall–Kier alpha value is -2.50. The Bertz CT molecular complexity index is 1160. The van der Waals surface area contributed by atoms with Gasteiger partial charge in [0.15, 0.2) is 0 Å². The number of methoxy groups -OCH3 is 1. The van der Waals surface area contributed by atoms with Gasteiger partial charge in [0.05, 0.1) is 13.2 Å². The van der Waals surface area contributed by atoms with E-state index in [1.165, 1.54) is 0 Å². The molecule has 0 saturated heterocycles. The number of aryl methyl sites for hydroxylation is 1. The zero-order valence-corrected chi connectivity index (χ0v) is 18.8. The average Bonchev–Trinajstić information content (AvgIpc) is 2.71. The molecule has 30 heavy (non-hydrogen) atoms. The molecule has 1 heterocycles. The van der Waals surface area contributed by atoms with Crippen LogP contribution in [0.5, 0.6) is 5.75 Å². The average molecular weight is 448 g/mol. The van der Waals surface area contributed by atoms with Crippen LogP contribution in [0.15, 0.2) is 45.6 Å². The van der Waals surface area contributed by atoms with Gasteiger partial charge in [0.1, 0.15) is 11.3 Å². The number of hydrogen-bond acceptors (Lipinski definition) is 4. The molecule has 7 heteroatoms. The lowest BCUT2D eigenvalue weighted by molar-refractivity contribution is -0.131. The number of carbonyl (C=O) groups is 1. The molecule has 1 amide bonds. The van der Waals surface area contributed by atoms with E-state index in [1.807, 2.05) is 32.0 Å². The standard InChI is InChI=1S/C23H23Cl2NO4/c1-13-17-8-6-16(29-4)12-21(17)30-23(28)18(13)9-10-22(27)26(3)14(2)19-7-5-15(24)11-20(19)25/h5-8,11-12,14H,9-10H2,1-4H3. The second kappa shape index (κ2) is 9.11. The fraction of sp³-hybridized carbons (Fsp3) is 0.304. The number of nitrogens with zero attached hydrogens (tertiary/aromatic N) is 1. The summed E-state index contributed by atoms with van der Waals surface area (Å²) in [5.74, 6) is 0.520. The maximum absolute atomic E-state index is 12.8. The van der Waals surface area contributed by atoms with Gasteiger partial charge >= 0.3 is 5.63 Å². The van der Waals surface area contributed by atoms with Gasteiger partial charge < -0.3 is 14.1 Å². The van der Waals surface area contributed by atoms with Gasteiger partial charge in [-0.25, -0.2) is 4.79 Å². The van der Waals surface area contributed by atoms with Crippen molar-refractivity contribution in [2.45, 2.75) is 32.7 Å². The fourth-order valence-corrected chi connectivity index (χ4v) is 4.03. The second-order valence-corrected chi connectivity index (χ2v) is 8.05. The molecule has 0 aliphatic heterocycles. The summed E-state index contributed by atoms with van der Waals surface area (Å²) in [6.45, 7) is 3.77. The highest BCUT2D eigenvalue weighted by Crippen LogP contribution is 2.30. The molecular formula is C23H23Cl2NO4. The molecule has 0 aliphatic carbocycles. The van der Waals surface area contributed by atoms with Crippen molar-refractivity contribution >= 4 is 40.1 Å². The summed E-state index contributed by atoms with van der Waals surface area (Å²) in [4.78, 5) is 26.9. The molecule has 0 saturated carbocycles. The highest BCUT2D eigenvalue weighted by atomic mass is 35.5. The third-order valence-electron chi connectivity index (χ3n) is 5.47. The van der Waals surface area contributed by atoms with Crippen LogP contribution in [0.3, 0.4) is 0 Å². The number of ether oxygens (including phenoxy) is 1. The normalized spacial score (nSPS) is 12.1. The van der Waals surface area contributed by atoms with E-state index in [9.17, 15) is 9.59 Å². The van der Waals surface area contributed by atoms with E-state index in [0.717, 1.165) is 16.5 Å². The molecule has 3 aromatic rings. The summed E-state index contributed by atoms with van der Waals surface area (Å²) < 4.78 is 10.6. The number of carbonyl (C=O) groups excluding carboxylic acids is 1. The lowest BCUT2D eigenvalue weighted by Crippen LogP contribution is -2.30. The molecule has 158 valence electrons. The van der Waals surface area contributed by atoms with Crippen LogP contribution in [0.2, 0.25) is 10.0 Å². The van der Waals surface area contributed by atoms with Crippen LogP contribution < -0.4 is 10.4 Å². The van der Waals surface area contributed by atoms with Crippen LogP contribution in [0, 0.1) is 6.92 Å². The Morgan fingerprint density at radius 3 is 2.60 bits per heavy atom. The zero-order chi connectivity index (χ0) is 22.0. The molecule has 0 spiro atoms. The van der Waals surface area contributed by atoms with Gasteiger partial charge in [-0.3, -0.25) is 4.79 Å². The number of halogens is 2. The Labute approximate surface area is 185 Å². The molecule has 1 aromatic heterocycles. The Kier molecular flexibility index (Phi) is 6.74. The topological polar surface area (TPSA) is 59.8 Å². The summed E-state index contributed by atoms with van der Waals surface area (Å²) in [7, 11) is 3.28. The number of hydrogen-bond donors (Lipinski definition) is 0. The summed E-state index contributed by atoms with van der Waals surface area (Å²) in [5.41, 5.74) is 2.17. The van der Waals surface area contributed by atoms with Gasteiger partial charge in [-0.05, 0) is 55.7 Å². The molecule has 3 rings (SSSR count). The molecule has 0 radical (unpaired) electrons. The molecule has 1 unspecified atom stereocenters. The number of benzene rings is 2. The van der Waals surface area contributed by atoms with Crippen molar-refractivity contribution in [3.63, 3.8) is 0 Å². The second-order valence-electron chi connectivity index (χ2n) is 7.20. The maximum atomic E-state index is 12.8.